The highest BCUT2D eigenvalue weighted by Crippen LogP contribution is 2.28. The summed E-state index contributed by atoms with van der Waals surface area (Å²) in [5.74, 6) is -0.181. The lowest BCUT2D eigenvalue weighted by Crippen LogP contribution is -2.19. The zero-order valence-electron chi connectivity index (χ0n) is 18.0. The van der Waals surface area contributed by atoms with Crippen LogP contribution in [0.1, 0.15) is 34.3 Å². The van der Waals surface area contributed by atoms with Gasteiger partial charge in [0, 0.05) is 36.0 Å². The van der Waals surface area contributed by atoms with Crippen molar-refractivity contribution in [1.29, 1.82) is 0 Å². The van der Waals surface area contributed by atoms with Gasteiger partial charge in [-0.15, -0.1) is 0 Å². The SMILES string of the molecule is O=C(N/N=C\c1ccc(OCc2ccccc2)c([N+](=O)[O-])c1)c1ccc(N2CCCC2)cc1. The van der Waals surface area contributed by atoms with Gasteiger partial charge < -0.3 is 9.64 Å². The molecule has 8 heteroatoms. The molecule has 0 spiro atoms. The molecule has 1 saturated heterocycles. The van der Waals surface area contributed by atoms with Crippen molar-refractivity contribution in [2.45, 2.75) is 19.4 Å². The number of nitrogens with one attached hydrogen (secondary N) is 1. The van der Waals surface area contributed by atoms with E-state index in [2.05, 4.69) is 15.4 Å². The molecule has 8 nitrogen and oxygen atoms in total. The highest BCUT2D eigenvalue weighted by Gasteiger charge is 2.16. The van der Waals surface area contributed by atoms with Gasteiger partial charge in [0.05, 0.1) is 11.1 Å². The Hall–Kier alpha value is -4.20. The summed E-state index contributed by atoms with van der Waals surface area (Å²) in [5, 5.41) is 15.4. The van der Waals surface area contributed by atoms with Crippen molar-refractivity contribution in [2.24, 2.45) is 5.10 Å². The summed E-state index contributed by atoms with van der Waals surface area (Å²) < 4.78 is 5.63. The molecule has 1 fully saturated rings. The van der Waals surface area contributed by atoms with Gasteiger partial charge in [-0.05, 0) is 54.8 Å². The molecule has 3 aromatic rings. The summed E-state index contributed by atoms with van der Waals surface area (Å²) in [5.41, 5.74) is 5.27. The van der Waals surface area contributed by atoms with Crippen LogP contribution in [0.3, 0.4) is 0 Å². The Labute approximate surface area is 191 Å². The summed E-state index contributed by atoms with van der Waals surface area (Å²) in [7, 11) is 0. The van der Waals surface area contributed by atoms with E-state index in [-0.39, 0.29) is 24.0 Å². The molecule has 168 valence electrons. The fourth-order valence-corrected chi connectivity index (χ4v) is 3.64. The molecular weight excluding hydrogens is 420 g/mol. The fourth-order valence-electron chi connectivity index (χ4n) is 3.64. The highest BCUT2D eigenvalue weighted by atomic mass is 16.6. The lowest BCUT2D eigenvalue weighted by atomic mass is 10.2. The van der Waals surface area contributed by atoms with E-state index < -0.39 is 4.92 Å². The number of nitrogens with zero attached hydrogens (tertiary/aromatic N) is 3. The predicted molar refractivity (Wildman–Crippen MR) is 127 cm³/mol. The first-order valence-corrected chi connectivity index (χ1v) is 10.7. The van der Waals surface area contributed by atoms with E-state index in [0.717, 1.165) is 24.3 Å². The van der Waals surface area contributed by atoms with Crippen LogP contribution in [0.25, 0.3) is 0 Å². The highest BCUT2D eigenvalue weighted by molar-refractivity contribution is 5.95. The van der Waals surface area contributed by atoms with E-state index in [4.69, 9.17) is 4.74 Å². The minimum absolute atomic E-state index is 0.168. The largest absolute Gasteiger partial charge is 0.482 e. The average molecular weight is 444 g/mol. The van der Waals surface area contributed by atoms with Crippen LogP contribution >= 0.6 is 0 Å². The fraction of sp³-hybridized carbons (Fsp3) is 0.200. The van der Waals surface area contributed by atoms with Crippen LogP contribution < -0.4 is 15.1 Å². The molecule has 0 bridgehead atoms. The first kappa shape index (κ1) is 22.0. The summed E-state index contributed by atoms with van der Waals surface area (Å²) in [4.78, 5) is 25.6. The second kappa shape index (κ2) is 10.4. The smallest absolute Gasteiger partial charge is 0.311 e. The van der Waals surface area contributed by atoms with Crippen LogP contribution in [0, 0.1) is 10.1 Å². The number of anilines is 1. The van der Waals surface area contributed by atoms with Crippen molar-refractivity contribution in [1.82, 2.24) is 5.43 Å². The normalized spacial score (nSPS) is 13.3. The number of rotatable bonds is 8. The number of carbonyl (C=O) groups is 1. The molecule has 1 amide bonds. The van der Waals surface area contributed by atoms with Crippen LogP contribution in [-0.4, -0.2) is 30.1 Å². The first-order chi connectivity index (χ1) is 16.1. The van der Waals surface area contributed by atoms with E-state index in [1.54, 1.807) is 18.2 Å². The van der Waals surface area contributed by atoms with Crippen LogP contribution in [0.4, 0.5) is 11.4 Å². The molecule has 1 aliphatic rings. The average Bonchev–Trinajstić information content (AvgIpc) is 3.39. The van der Waals surface area contributed by atoms with E-state index in [1.165, 1.54) is 31.2 Å². The van der Waals surface area contributed by atoms with Crippen LogP contribution in [0.2, 0.25) is 0 Å². The predicted octanol–water partition coefficient (Wildman–Crippen LogP) is 4.54. The molecule has 4 rings (SSSR count). The second-order valence-electron chi connectivity index (χ2n) is 7.70. The summed E-state index contributed by atoms with van der Waals surface area (Å²) in [6.45, 7) is 2.30. The van der Waals surface area contributed by atoms with Crippen LogP contribution in [0.15, 0.2) is 77.9 Å². The number of hydrogen-bond acceptors (Lipinski definition) is 6. The number of hydrogen-bond donors (Lipinski definition) is 1. The Morgan fingerprint density at radius 3 is 2.48 bits per heavy atom. The third kappa shape index (κ3) is 5.74. The molecule has 0 unspecified atom stereocenters. The topological polar surface area (TPSA) is 97.1 Å². The number of amides is 1. The van der Waals surface area contributed by atoms with Gasteiger partial charge in [-0.25, -0.2) is 5.43 Å². The lowest BCUT2D eigenvalue weighted by molar-refractivity contribution is -0.385. The first-order valence-electron chi connectivity index (χ1n) is 10.7. The van der Waals surface area contributed by atoms with Crippen LogP contribution in [0.5, 0.6) is 5.75 Å². The maximum atomic E-state index is 12.3. The molecular formula is C25H24N4O4. The maximum absolute atomic E-state index is 12.3. The number of carbonyl (C=O) groups excluding carboxylic acids is 1. The van der Waals surface area contributed by atoms with Crippen molar-refractivity contribution in [3.63, 3.8) is 0 Å². The van der Waals surface area contributed by atoms with Gasteiger partial charge in [0.1, 0.15) is 6.61 Å². The minimum Gasteiger partial charge on any atom is -0.482 e. The van der Waals surface area contributed by atoms with Gasteiger partial charge in [-0.3, -0.25) is 14.9 Å². The molecule has 1 N–H and O–H groups in total. The molecule has 1 heterocycles. The molecule has 0 aliphatic carbocycles. The third-order valence-electron chi connectivity index (χ3n) is 5.40. The molecule has 1 aliphatic heterocycles. The van der Waals surface area contributed by atoms with Crippen LogP contribution in [-0.2, 0) is 6.61 Å². The van der Waals surface area contributed by atoms with Crippen molar-refractivity contribution in [3.05, 3.63) is 99.6 Å². The van der Waals surface area contributed by atoms with Gasteiger partial charge in [-0.1, -0.05) is 30.3 Å². The second-order valence-corrected chi connectivity index (χ2v) is 7.70. The number of nitro benzene ring substituents is 1. The third-order valence-corrected chi connectivity index (χ3v) is 5.40. The van der Waals surface area contributed by atoms with Gasteiger partial charge in [0.2, 0.25) is 0 Å². The summed E-state index contributed by atoms with van der Waals surface area (Å²) >= 11 is 0. The Kier molecular flexibility index (Phi) is 6.94. The lowest BCUT2D eigenvalue weighted by Gasteiger charge is -2.17. The van der Waals surface area contributed by atoms with Crippen molar-refractivity contribution in [2.75, 3.05) is 18.0 Å². The van der Waals surface area contributed by atoms with Gasteiger partial charge in [0.15, 0.2) is 5.75 Å². The Balaban J connectivity index is 1.37. The van der Waals surface area contributed by atoms with Crippen molar-refractivity contribution >= 4 is 23.5 Å². The van der Waals surface area contributed by atoms with E-state index in [1.807, 2.05) is 42.5 Å². The van der Waals surface area contributed by atoms with Gasteiger partial charge in [0.25, 0.3) is 5.91 Å². The quantitative estimate of drug-likeness (QED) is 0.313. The molecule has 0 saturated carbocycles. The van der Waals surface area contributed by atoms with Crippen molar-refractivity contribution in [3.8, 4) is 5.75 Å². The Morgan fingerprint density at radius 2 is 1.79 bits per heavy atom. The van der Waals surface area contributed by atoms with Crippen molar-refractivity contribution < 1.29 is 14.5 Å². The number of nitro groups is 1. The Morgan fingerprint density at radius 1 is 1.06 bits per heavy atom. The van der Waals surface area contributed by atoms with Gasteiger partial charge >= 0.3 is 5.69 Å². The van der Waals surface area contributed by atoms with E-state index in [0.29, 0.717) is 11.1 Å². The molecule has 3 aromatic carbocycles. The summed E-state index contributed by atoms with van der Waals surface area (Å²) in [6.07, 6.45) is 3.75. The molecule has 33 heavy (non-hydrogen) atoms. The number of ether oxygens (including phenoxy) is 1. The zero-order chi connectivity index (χ0) is 23.0. The zero-order valence-corrected chi connectivity index (χ0v) is 18.0. The number of hydrazone groups is 1. The minimum atomic E-state index is -0.502. The summed E-state index contributed by atoms with van der Waals surface area (Å²) in [6, 6.07) is 21.3. The molecule has 0 atom stereocenters. The van der Waals surface area contributed by atoms with E-state index in [9.17, 15) is 14.9 Å². The molecule has 0 aromatic heterocycles. The van der Waals surface area contributed by atoms with Gasteiger partial charge in [-0.2, -0.15) is 5.10 Å². The number of benzene rings is 3. The Bertz CT molecular complexity index is 1140. The van der Waals surface area contributed by atoms with E-state index >= 15 is 0 Å². The molecule has 0 radical (unpaired) electrons. The maximum Gasteiger partial charge on any atom is 0.311 e. The standard InChI is InChI=1S/C25H24N4O4/c30-25(21-9-11-22(12-10-21)28-14-4-5-15-28)27-26-17-20-8-13-24(23(16-20)29(31)32)33-18-19-6-2-1-3-7-19/h1-3,6-13,16-17H,4-5,14-15,18H2,(H,27,30)/b26-17-. The monoisotopic (exact) mass is 444 g/mol.